The summed E-state index contributed by atoms with van der Waals surface area (Å²) in [5.74, 6) is -2.32. The van der Waals surface area contributed by atoms with Crippen molar-refractivity contribution in [2.75, 3.05) is 20.1 Å². The molecule has 15 nitrogen and oxygen atoms in total. The van der Waals surface area contributed by atoms with E-state index in [0.717, 1.165) is 37.1 Å². The Bertz CT molecular complexity index is 2400. The smallest absolute Gasteiger partial charge is 0.323 e. The van der Waals surface area contributed by atoms with Gasteiger partial charge in [0.05, 0.1) is 6.04 Å². The van der Waals surface area contributed by atoms with Crippen LogP contribution >= 0.6 is 11.8 Å². The molecule has 1 aliphatic rings. The van der Waals surface area contributed by atoms with Crippen LogP contribution in [-0.2, 0) is 45.2 Å². The number of hydrogen-bond acceptors (Lipinski definition) is 10. The van der Waals surface area contributed by atoms with Crippen molar-refractivity contribution >= 4 is 46.4 Å². The molecular formula is C44H53N9O6S. The topological polar surface area (TPSA) is 231 Å². The number of aliphatic carboxylic acids is 1. The first-order chi connectivity index (χ1) is 29.0. The van der Waals surface area contributed by atoms with Crippen molar-refractivity contribution in [2.45, 2.75) is 93.1 Å². The van der Waals surface area contributed by atoms with Crippen LogP contribution in [0.4, 0.5) is 0 Å². The highest BCUT2D eigenvalue weighted by Crippen LogP contribution is 2.39. The summed E-state index contributed by atoms with van der Waals surface area (Å²) in [7, 11) is 1.59. The molecule has 0 aliphatic carbocycles. The van der Waals surface area contributed by atoms with Gasteiger partial charge < -0.3 is 47.0 Å². The maximum absolute atomic E-state index is 14.8. The highest BCUT2D eigenvalue weighted by molar-refractivity contribution is 7.99. The molecule has 16 heteroatoms. The zero-order valence-corrected chi connectivity index (χ0v) is 34.7. The summed E-state index contributed by atoms with van der Waals surface area (Å²) in [5.41, 5.74) is 16.6. The Morgan fingerprint density at radius 2 is 1.72 bits per heavy atom. The Kier molecular flexibility index (Phi) is 14.9. The molecule has 5 aromatic rings. The van der Waals surface area contributed by atoms with Crippen LogP contribution in [0.2, 0.25) is 0 Å². The van der Waals surface area contributed by atoms with E-state index in [1.165, 1.54) is 28.9 Å². The average molecular weight is 836 g/mol. The number of para-hydroxylation sites is 1. The largest absolute Gasteiger partial charge is 0.480 e. The zero-order valence-electron chi connectivity index (χ0n) is 33.9. The lowest BCUT2D eigenvalue weighted by molar-refractivity contribution is -0.142. The van der Waals surface area contributed by atoms with E-state index in [1.807, 2.05) is 61.7 Å². The molecule has 9 N–H and O–H groups in total. The molecule has 3 atom stereocenters. The van der Waals surface area contributed by atoms with E-state index in [4.69, 9.17) is 16.5 Å². The van der Waals surface area contributed by atoms with E-state index >= 15 is 0 Å². The van der Waals surface area contributed by atoms with Gasteiger partial charge in [0, 0.05) is 67.0 Å². The van der Waals surface area contributed by atoms with Crippen LogP contribution in [0.25, 0.3) is 22.0 Å². The summed E-state index contributed by atoms with van der Waals surface area (Å²) in [4.78, 5) is 78.4. The number of carboxylic acid groups (broad SMARTS) is 1. The Balaban J connectivity index is 1.49. The van der Waals surface area contributed by atoms with E-state index in [9.17, 15) is 29.1 Å². The average Bonchev–Trinajstić information content (AvgIpc) is 3.65. The van der Waals surface area contributed by atoms with Crippen LogP contribution in [-0.4, -0.2) is 86.5 Å². The number of H-pyrrole nitrogens is 1. The number of unbranched alkanes of at least 4 members (excludes halogenated alkanes) is 1. The number of benzene rings is 2. The predicted octanol–water partition coefficient (Wildman–Crippen LogP) is 3.45. The number of likely N-dealkylation sites (N-methyl/N-ethyl adjacent to an activating group) is 1. The molecule has 0 saturated carbocycles. The maximum Gasteiger partial charge on any atom is 0.323 e. The van der Waals surface area contributed by atoms with Crippen molar-refractivity contribution in [1.82, 2.24) is 35.4 Å². The quantitative estimate of drug-likeness (QED) is 0.0901. The molecule has 0 unspecified atom stereocenters. The first kappa shape index (κ1) is 43.8. The van der Waals surface area contributed by atoms with E-state index in [1.54, 1.807) is 19.3 Å². The van der Waals surface area contributed by atoms with E-state index in [2.05, 4.69) is 20.9 Å². The number of aromatic nitrogens is 3. The second-order valence-corrected chi connectivity index (χ2v) is 16.0. The van der Waals surface area contributed by atoms with Gasteiger partial charge in [-0.1, -0.05) is 48.2 Å². The summed E-state index contributed by atoms with van der Waals surface area (Å²) in [6.07, 6.45) is 7.69. The molecule has 1 aliphatic heterocycles. The molecule has 0 spiro atoms. The first-order valence-electron chi connectivity index (χ1n) is 20.2. The number of pyridine rings is 2. The van der Waals surface area contributed by atoms with Gasteiger partial charge in [0.2, 0.25) is 17.7 Å². The monoisotopic (exact) mass is 835 g/mol. The van der Waals surface area contributed by atoms with Crippen molar-refractivity contribution in [2.24, 2.45) is 11.5 Å². The number of nitrogens with zero attached hydrogens (tertiary/aromatic N) is 3. The molecule has 0 radical (unpaired) electrons. The summed E-state index contributed by atoms with van der Waals surface area (Å²) >= 11 is 1.41. The Morgan fingerprint density at radius 1 is 0.933 bits per heavy atom. The second-order valence-electron chi connectivity index (χ2n) is 15.0. The number of amides is 3. The number of aromatic amines is 1. The number of aryl methyl sites for hydroxylation is 1. The van der Waals surface area contributed by atoms with E-state index in [-0.39, 0.29) is 25.4 Å². The number of nitrogens with one attached hydrogen (secondary N) is 4. The van der Waals surface area contributed by atoms with Gasteiger partial charge in [-0.2, -0.15) is 0 Å². The van der Waals surface area contributed by atoms with Crippen LogP contribution in [0, 0.1) is 6.92 Å². The van der Waals surface area contributed by atoms with E-state index < -0.39 is 48.0 Å². The highest BCUT2D eigenvalue weighted by Gasteiger charge is 2.34. The number of carboxylic acids is 1. The van der Waals surface area contributed by atoms with Gasteiger partial charge in [0.15, 0.2) is 0 Å². The lowest BCUT2D eigenvalue weighted by atomic mass is 9.97. The van der Waals surface area contributed by atoms with Gasteiger partial charge in [0.1, 0.15) is 23.7 Å². The lowest BCUT2D eigenvalue weighted by Gasteiger charge is -2.32. The summed E-state index contributed by atoms with van der Waals surface area (Å²) in [5, 5.41) is 20.5. The van der Waals surface area contributed by atoms with Gasteiger partial charge in [-0.05, 0) is 104 Å². The number of rotatable bonds is 12. The second kappa shape index (κ2) is 20.4. The third kappa shape index (κ3) is 10.5. The standard InChI is InChI=1S/C44H53N9O6S/c1-27-14-15-31(28-16-20-53(26-39(55)56)38(54)22-28)33-25-50-42(58)37(21-30-24-48-34-11-4-3-10-32(30)34)52(2)44(59)36(12-5-6-17-45)51-41(57)35(13-7-18-46)49-23-29-9-8-19-47-43(29)60-40(27)33/h3-4,8-11,14-16,19-20,22,24,35-37,48-49H,5-7,12-13,17-18,21,23,25-26,45-46H2,1-2H3,(H,50,58)(H,51,57)(H,55,56)/t35-,36-,37-/m0/s1. The van der Waals surface area contributed by atoms with Crippen LogP contribution in [0.5, 0.6) is 0 Å². The maximum atomic E-state index is 14.8. The van der Waals surface area contributed by atoms with Crippen LogP contribution in [0.3, 0.4) is 0 Å². The Labute approximate surface area is 352 Å². The molecule has 3 amide bonds. The lowest BCUT2D eigenvalue weighted by Crippen LogP contribution is -2.57. The number of carbonyl (C=O) groups is 4. The fourth-order valence-electron chi connectivity index (χ4n) is 7.54. The Hall–Kier alpha value is -5.81. The van der Waals surface area contributed by atoms with Crippen molar-refractivity contribution in [1.29, 1.82) is 0 Å². The fourth-order valence-corrected chi connectivity index (χ4v) is 8.65. The number of carbonyl (C=O) groups excluding carboxylic acids is 3. The SMILES string of the molecule is Cc1ccc(-c2ccn(CC(=O)O)c(=O)c2)c2c1Sc1ncccc1CN[C@@H](CCCN)C(=O)N[C@@H](CCCCN)C(=O)N(C)[C@@H](Cc1c[nH]c3ccccc13)C(=O)NC2. The number of fused-ring (bicyclic) bond motifs is 3. The molecule has 2 aromatic carbocycles. The summed E-state index contributed by atoms with van der Waals surface area (Å²) in [6, 6.07) is 15.8. The molecule has 6 rings (SSSR count). The third-order valence-electron chi connectivity index (χ3n) is 10.9. The van der Waals surface area contributed by atoms with E-state index in [0.29, 0.717) is 66.9 Å². The van der Waals surface area contributed by atoms with Crippen LogP contribution < -0.4 is 33.0 Å². The van der Waals surface area contributed by atoms with Crippen molar-refractivity contribution < 1.29 is 24.3 Å². The fraction of sp³-hybridized carbons (Fsp3) is 0.364. The molecule has 316 valence electrons. The molecule has 4 heterocycles. The van der Waals surface area contributed by atoms with Crippen molar-refractivity contribution in [3.05, 3.63) is 112 Å². The molecule has 60 heavy (non-hydrogen) atoms. The van der Waals surface area contributed by atoms with Crippen LogP contribution in [0.1, 0.15) is 54.4 Å². The normalized spacial score (nSPS) is 18.0. The van der Waals surface area contributed by atoms with Crippen molar-refractivity contribution in [3.63, 3.8) is 0 Å². The highest BCUT2D eigenvalue weighted by atomic mass is 32.2. The van der Waals surface area contributed by atoms with Gasteiger partial charge in [-0.25, -0.2) is 4.98 Å². The molecule has 0 bridgehead atoms. The number of nitrogens with two attached hydrogens (primary N) is 2. The third-order valence-corrected chi connectivity index (χ3v) is 12.2. The Morgan fingerprint density at radius 3 is 2.48 bits per heavy atom. The predicted molar refractivity (Wildman–Crippen MR) is 231 cm³/mol. The van der Waals surface area contributed by atoms with Gasteiger partial charge in [-0.15, -0.1) is 0 Å². The van der Waals surface area contributed by atoms with Crippen LogP contribution in [0.15, 0.2) is 94.0 Å². The molecule has 0 fully saturated rings. The minimum atomic E-state index is -1.14. The molecular weight excluding hydrogens is 783 g/mol. The summed E-state index contributed by atoms with van der Waals surface area (Å²) < 4.78 is 1.11. The van der Waals surface area contributed by atoms with Crippen molar-refractivity contribution in [3.8, 4) is 11.1 Å². The van der Waals surface area contributed by atoms with Gasteiger partial charge >= 0.3 is 5.97 Å². The zero-order chi connectivity index (χ0) is 42.8. The molecule has 0 saturated heterocycles. The first-order valence-corrected chi connectivity index (χ1v) is 21.0. The van der Waals surface area contributed by atoms with Gasteiger partial charge in [-0.3, -0.25) is 24.0 Å². The minimum absolute atomic E-state index is 0.0149. The minimum Gasteiger partial charge on any atom is -0.480 e. The molecule has 3 aromatic heterocycles. The summed E-state index contributed by atoms with van der Waals surface area (Å²) in [6.45, 7) is 2.56. The van der Waals surface area contributed by atoms with Gasteiger partial charge in [0.25, 0.3) is 5.56 Å². The number of hydrogen-bond donors (Lipinski definition) is 7.